The molecule has 0 bridgehead atoms. The number of amides is 2. The summed E-state index contributed by atoms with van der Waals surface area (Å²) in [4.78, 5) is 27.1. The van der Waals surface area contributed by atoms with E-state index >= 15 is 0 Å². The Morgan fingerprint density at radius 3 is 2.45 bits per heavy atom. The van der Waals surface area contributed by atoms with Crippen LogP contribution in [0.4, 0.5) is 0 Å². The van der Waals surface area contributed by atoms with E-state index in [1.54, 1.807) is 26.2 Å². The average Bonchev–Trinajstić information content (AvgIpc) is 3.21. The zero-order valence-electron chi connectivity index (χ0n) is 17.6. The monoisotopic (exact) mass is 461 g/mol. The van der Waals surface area contributed by atoms with Gasteiger partial charge in [-0.2, -0.15) is 5.10 Å². The maximum Gasteiger partial charge on any atom is 0.262 e. The van der Waals surface area contributed by atoms with Gasteiger partial charge in [-0.3, -0.25) is 9.59 Å². The molecule has 0 unspecified atom stereocenters. The summed E-state index contributed by atoms with van der Waals surface area (Å²) in [6.07, 6.45) is 0.776. The van der Waals surface area contributed by atoms with Crippen molar-refractivity contribution in [2.75, 3.05) is 26.8 Å². The van der Waals surface area contributed by atoms with Gasteiger partial charge in [0.25, 0.3) is 5.91 Å². The number of hydrazone groups is 1. The summed E-state index contributed by atoms with van der Waals surface area (Å²) >= 11 is 12.8. The minimum absolute atomic E-state index is 0.0870. The molecule has 164 valence electrons. The molecule has 1 atom stereocenters. The molecule has 0 aromatic heterocycles. The summed E-state index contributed by atoms with van der Waals surface area (Å²) < 4.78 is 5.09. The van der Waals surface area contributed by atoms with Gasteiger partial charge in [0.1, 0.15) is 6.54 Å². The van der Waals surface area contributed by atoms with Crippen LogP contribution in [-0.2, 0) is 14.3 Å². The molecule has 2 aromatic rings. The fourth-order valence-corrected chi connectivity index (χ4v) is 4.05. The number of nitrogens with zero attached hydrogens (tertiary/aromatic N) is 3. The number of hydrogen-bond acceptors (Lipinski definition) is 4. The quantitative estimate of drug-likeness (QED) is 0.578. The van der Waals surface area contributed by atoms with Crippen LogP contribution in [0.15, 0.2) is 53.6 Å². The summed E-state index contributed by atoms with van der Waals surface area (Å²) in [6, 6.07) is 14.4. The van der Waals surface area contributed by atoms with Gasteiger partial charge in [0.05, 0.1) is 18.4 Å². The molecule has 8 heteroatoms. The van der Waals surface area contributed by atoms with Gasteiger partial charge in [0.2, 0.25) is 5.91 Å². The Hall–Kier alpha value is -2.41. The van der Waals surface area contributed by atoms with E-state index in [1.807, 2.05) is 36.4 Å². The van der Waals surface area contributed by atoms with Crippen LogP contribution in [-0.4, -0.2) is 54.2 Å². The second-order valence-electron chi connectivity index (χ2n) is 7.17. The Morgan fingerprint density at radius 1 is 1.13 bits per heavy atom. The number of rotatable bonds is 8. The summed E-state index contributed by atoms with van der Waals surface area (Å²) in [5, 5.41) is 7.18. The molecular weight excluding hydrogens is 437 g/mol. The lowest BCUT2D eigenvalue weighted by atomic mass is 9.98. The number of halogens is 2. The number of carbonyl (C=O) groups is 2. The topological polar surface area (TPSA) is 62.2 Å². The third kappa shape index (κ3) is 5.45. The first-order valence-corrected chi connectivity index (χ1v) is 10.9. The number of carbonyl (C=O) groups excluding carboxylic acids is 2. The lowest BCUT2D eigenvalue weighted by molar-refractivity contribution is -0.141. The van der Waals surface area contributed by atoms with Gasteiger partial charge in [-0.05, 0) is 17.7 Å². The Labute approximate surface area is 192 Å². The third-order valence-corrected chi connectivity index (χ3v) is 5.84. The molecule has 0 aliphatic carbocycles. The van der Waals surface area contributed by atoms with Crippen molar-refractivity contribution >= 4 is 40.7 Å². The summed E-state index contributed by atoms with van der Waals surface area (Å²) in [6.45, 7) is 2.36. The molecule has 1 aliphatic heterocycles. The van der Waals surface area contributed by atoms with Crippen molar-refractivity contribution in [2.24, 2.45) is 5.10 Å². The average molecular weight is 462 g/mol. The van der Waals surface area contributed by atoms with Crippen molar-refractivity contribution in [1.29, 1.82) is 0 Å². The van der Waals surface area contributed by atoms with Crippen molar-refractivity contribution in [3.63, 3.8) is 0 Å². The molecule has 2 amide bonds. The predicted octanol–water partition coefficient (Wildman–Crippen LogP) is 4.56. The van der Waals surface area contributed by atoms with Gasteiger partial charge in [-0.25, -0.2) is 5.01 Å². The highest BCUT2D eigenvalue weighted by Crippen LogP contribution is 2.37. The van der Waals surface area contributed by atoms with Gasteiger partial charge < -0.3 is 9.64 Å². The highest BCUT2D eigenvalue weighted by Gasteiger charge is 2.35. The van der Waals surface area contributed by atoms with Crippen LogP contribution in [0.1, 0.15) is 36.9 Å². The standard InChI is InChI=1S/C23H25Cl2N3O3/c1-3-22(29)27(12-13-31-2)15-23(30)28-21(17-9-5-7-11-19(17)25)14-20(26-28)16-8-4-6-10-18(16)24/h4-11,21H,3,12-15H2,1-2H3/t21-/m1/s1. The Morgan fingerprint density at radius 2 is 1.81 bits per heavy atom. The van der Waals surface area contributed by atoms with Crippen molar-refractivity contribution < 1.29 is 14.3 Å². The summed E-state index contributed by atoms with van der Waals surface area (Å²) in [5.41, 5.74) is 2.28. The molecule has 0 fully saturated rings. The maximum absolute atomic E-state index is 13.3. The van der Waals surface area contributed by atoms with Crippen LogP contribution in [0.2, 0.25) is 10.0 Å². The first-order chi connectivity index (χ1) is 15.0. The van der Waals surface area contributed by atoms with Crippen LogP contribution in [0.5, 0.6) is 0 Å². The van der Waals surface area contributed by atoms with E-state index in [1.165, 1.54) is 9.91 Å². The maximum atomic E-state index is 13.3. The van der Waals surface area contributed by atoms with Crippen LogP contribution < -0.4 is 0 Å². The zero-order valence-corrected chi connectivity index (χ0v) is 19.1. The fraction of sp³-hybridized carbons (Fsp3) is 0.348. The normalized spacial score (nSPS) is 15.7. The number of ether oxygens (including phenoxy) is 1. The number of hydrogen-bond donors (Lipinski definition) is 0. The second kappa shape index (κ2) is 10.8. The zero-order chi connectivity index (χ0) is 22.4. The first kappa shape index (κ1) is 23.3. The van der Waals surface area contributed by atoms with E-state index in [9.17, 15) is 9.59 Å². The molecule has 0 saturated heterocycles. The van der Waals surface area contributed by atoms with E-state index in [2.05, 4.69) is 5.10 Å². The summed E-state index contributed by atoms with van der Waals surface area (Å²) in [7, 11) is 1.56. The van der Waals surface area contributed by atoms with Crippen molar-refractivity contribution in [3.05, 3.63) is 69.7 Å². The molecule has 0 spiro atoms. The highest BCUT2D eigenvalue weighted by atomic mass is 35.5. The van der Waals surface area contributed by atoms with Gasteiger partial charge in [0, 0.05) is 42.1 Å². The lowest BCUT2D eigenvalue weighted by Crippen LogP contribution is -2.42. The van der Waals surface area contributed by atoms with Crippen LogP contribution in [0.25, 0.3) is 0 Å². The van der Waals surface area contributed by atoms with Crippen LogP contribution in [0.3, 0.4) is 0 Å². The van der Waals surface area contributed by atoms with E-state index in [0.29, 0.717) is 41.8 Å². The Kier molecular flexibility index (Phi) is 8.07. The van der Waals surface area contributed by atoms with Crippen LogP contribution >= 0.6 is 23.2 Å². The molecule has 3 rings (SSSR count). The third-order valence-electron chi connectivity index (χ3n) is 5.16. The minimum Gasteiger partial charge on any atom is -0.383 e. The molecule has 1 heterocycles. The number of benzene rings is 2. The molecule has 2 aromatic carbocycles. The van der Waals surface area contributed by atoms with Gasteiger partial charge in [-0.1, -0.05) is 66.5 Å². The second-order valence-corrected chi connectivity index (χ2v) is 7.98. The highest BCUT2D eigenvalue weighted by molar-refractivity contribution is 6.34. The van der Waals surface area contributed by atoms with Crippen LogP contribution in [0, 0.1) is 0 Å². The Bertz CT molecular complexity index is 980. The van der Waals surface area contributed by atoms with E-state index in [4.69, 9.17) is 27.9 Å². The van der Waals surface area contributed by atoms with E-state index < -0.39 is 0 Å². The molecule has 0 radical (unpaired) electrons. The summed E-state index contributed by atoms with van der Waals surface area (Å²) in [5.74, 6) is -0.404. The largest absolute Gasteiger partial charge is 0.383 e. The van der Waals surface area contributed by atoms with Crippen molar-refractivity contribution in [3.8, 4) is 0 Å². The molecule has 31 heavy (non-hydrogen) atoms. The smallest absolute Gasteiger partial charge is 0.262 e. The van der Waals surface area contributed by atoms with E-state index in [0.717, 1.165) is 11.1 Å². The molecule has 0 N–H and O–H groups in total. The molecular formula is C23H25Cl2N3O3. The van der Waals surface area contributed by atoms with Crippen molar-refractivity contribution in [1.82, 2.24) is 9.91 Å². The van der Waals surface area contributed by atoms with Crippen molar-refractivity contribution in [2.45, 2.75) is 25.8 Å². The lowest BCUT2D eigenvalue weighted by Gasteiger charge is -2.27. The predicted molar refractivity (Wildman–Crippen MR) is 122 cm³/mol. The molecule has 0 saturated carbocycles. The molecule has 1 aliphatic rings. The molecule has 6 nitrogen and oxygen atoms in total. The fourth-order valence-electron chi connectivity index (χ4n) is 3.54. The Balaban J connectivity index is 1.93. The van der Waals surface area contributed by atoms with Gasteiger partial charge >= 0.3 is 0 Å². The number of methoxy groups -OCH3 is 1. The van der Waals surface area contributed by atoms with Gasteiger partial charge in [-0.15, -0.1) is 0 Å². The first-order valence-electron chi connectivity index (χ1n) is 10.1. The van der Waals surface area contributed by atoms with E-state index in [-0.39, 0.29) is 24.4 Å². The SMILES string of the molecule is CCC(=O)N(CCOC)CC(=O)N1N=C(c2ccccc2Cl)C[C@@H]1c1ccccc1Cl. The van der Waals surface area contributed by atoms with Gasteiger partial charge in [0.15, 0.2) is 0 Å². The minimum atomic E-state index is -0.381.